The summed E-state index contributed by atoms with van der Waals surface area (Å²) >= 11 is 0. The lowest BCUT2D eigenvalue weighted by Gasteiger charge is -2.26. The lowest BCUT2D eigenvalue weighted by molar-refractivity contribution is 0.387. The van der Waals surface area contributed by atoms with Crippen molar-refractivity contribution in [3.8, 4) is 0 Å². The van der Waals surface area contributed by atoms with Crippen molar-refractivity contribution in [3.63, 3.8) is 0 Å². The lowest BCUT2D eigenvalue weighted by Crippen LogP contribution is -2.32. The summed E-state index contributed by atoms with van der Waals surface area (Å²) in [5.74, 6) is 0. The van der Waals surface area contributed by atoms with Crippen molar-refractivity contribution in [3.05, 3.63) is 0 Å². The molecule has 1 fully saturated rings. The van der Waals surface area contributed by atoms with Gasteiger partial charge in [0.15, 0.2) is 0 Å². The summed E-state index contributed by atoms with van der Waals surface area (Å²) < 4.78 is 27.0. The zero-order chi connectivity index (χ0) is 11.5. The van der Waals surface area contributed by atoms with Crippen molar-refractivity contribution in [1.82, 2.24) is 5.09 Å². The van der Waals surface area contributed by atoms with Gasteiger partial charge < -0.3 is 0 Å². The van der Waals surface area contributed by atoms with E-state index in [0.717, 1.165) is 25.7 Å². The SMILES string of the molecule is NP(N)(=O)OP(N)(=O)NC1CCCCC1. The van der Waals surface area contributed by atoms with Gasteiger partial charge in [-0.15, -0.1) is 0 Å². The Hall–Kier alpha value is 0.260. The van der Waals surface area contributed by atoms with Crippen molar-refractivity contribution < 1.29 is 13.4 Å². The molecule has 9 heteroatoms. The molecule has 0 aromatic carbocycles. The molecule has 0 aromatic heterocycles. The quantitative estimate of drug-likeness (QED) is 0.551. The molecule has 1 aliphatic carbocycles. The largest absolute Gasteiger partial charge is 0.345 e. The topological polar surface area (TPSA) is 133 Å². The van der Waals surface area contributed by atoms with Crippen molar-refractivity contribution in [2.75, 3.05) is 0 Å². The Morgan fingerprint density at radius 3 is 2.07 bits per heavy atom. The van der Waals surface area contributed by atoms with Crippen LogP contribution in [0.4, 0.5) is 0 Å². The molecule has 0 radical (unpaired) electrons. The van der Waals surface area contributed by atoms with Gasteiger partial charge in [0.1, 0.15) is 0 Å². The molecule has 1 atom stereocenters. The van der Waals surface area contributed by atoms with Gasteiger partial charge in [-0.3, -0.25) is 9.13 Å². The van der Waals surface area contributed by atoms with Crippen LogP contribution < -0.4 is 21.6 Å². The number of rotatable bonds is 4. The fourth-order valence-corrected chi connectivity index (χ4v) is 4.17. The van der Waals surface area contributed by atoms with Crippen LogP contribution in [0, 0.1) is 0 Å². The molecule has 1 unspecified atom stereocenters. The van der Waals surface area contributed by atoms with Gasteiger partial charge in [-0.1, -0.05) is 19.3 Å². The zero-order valence-corrected chi connectivity index (χ0v) is 10.3. The second-order valence-corrected chi connectivity index (χ2v) is 7.18. The smallest absolute Gasteiger partial charge is 0.256 e. The molecule has 0 bridgehead atoms. The molecule has 7 nitrogen and oxygen atoms in total. The summed E-state index contributed by atoms with van der Waals surface area (Å²) in [6, 6.07) is 0.0288. The molecule has 90 valence electrons. The molecule has 0 saturated heterocycles. The van der Waals surface area contributed by atoms with E-state index in [4.69, 9.17) is 16.5 Å². The predicted octanol–water partition coefficient (Wildman–Crippen LogP) is 1.02. The van der Waals surface area contributed by atoms with Crippen LogP contribution in [0.1, 0.15) is 32.1 Å². The second kappa shape index (κ2) is 5.06. The molecule has 1 rings (SSSR count). The van der Waals surface area contributed by atoms with Crippen LogP contribution in [0.3, 0.4) is 0 Å². The summed E-state index contributed by atoms with van der Waals surface area (Å²) in [6.45, 7) is 0. The van der Waals surface area contributed by atoms with E-state index in [1.807, 2.05) is 0 Å². The molecule has 0 heterocycles. The average molecular weight is 256 g/mol. The highest BCUT2D eigenvalue weighted by atomic mass is 31.3. The Morgan fingerprint density at radius 2 is 1.60 bits per heavy atom. The molecule has 0 spiro atoms. The summed E-state index contributed by atoms with van der Waals surface area (Å²) in [5.41, 5.74) is 15.2. The monoisotopic (exact) mass is 256 g/mol. The third-order valence-corrected chi connectivity index (χ3v) is 4.93. The number of hydrogen-bond donors (Lipinski definition) is 4. The van der Waals surface area contributed by atoms with Crippen LogP contribution in [0.15, 0.2) is 0 Å². The Balaban J connectivity index is 2.47. The Morgan fingerprint density at radius 1 is 1.07 bits per heavy atom. The normalized spacial score (nSPS) is 23.7. The van der Waals surface area contributed by atoms with E-state index >= 15 is 0 Å². The Labute approximate surface area is 89.2 Å². The van der Waals surface area contributed by atoms with Crippen LogP contribution in [-0.4, -0.2) is 6.04 Å². The first-order chi connectivity index (χ1) is 6.79. The van der Waals surface area contributed by atoms with Crippen LogP contribution in [0.5, 0.6) is 0 Å². The standard InChI is InChI=1S/C6H18N4O3P2/c7-14(8,11)13-15(9,12)10-6-4-2-1-3-5-6/h6H,1-5H2,(H4,7,8,11)(H3,9,10,12). The highest BCUT2D eigenvalue weighted by Gasteiger charge is 2.29. The third-order valence-electron chi connectivity index (χ3n) is 2.22. The number of nitrogens with one attached hydrogen (secondary N) is 1. The van der Waals surface area contributed by atoms with Gasteiger partial charge in [0.05, 0.1) is 0 Å². The number of nitrogens with two attached hydrogens (primary N) is 3. The second-order valence-electron chi connectivity index (χ2n) is 3.79. The highest BCUT2D eigenvalue weighted by Crippen LogP contribution is 2.48. The number of hydrogen-bond acceptors (Lipinski definition) is 3. The van der Waals surface area contributed by atoms with Crippen LogP contribution in [0.25, 0.3) is 0 Å². The van der Waals surface area contributed by atoms with Gasteiger partial charge in [0.2, 0.25) is 0 Å². The van der Waals surface area contributed by atoms with E-state index < -0.39 is 15.3 Å². The van der Waals surface area contributed by atoms with Gasteiger partial charge in [0, 0.05) is 6.04 Å². The van der Waals surface area contributed by atoms with E-state index in [1.54, 1.807) is 0 Å². The molecular weight excluding hydrogens is 238 g/mol. The van der Waals surface area contributed by atoms with Crippen LogP contribution >= 0.6 is 15.3 Å². The molecule has 15 heavy (non-hydrogen) atoms. The molecular formula is C6H18N4O3P2. The summed E-state index contributed by atoms with van der Waals surface area (Å²) in [5, 5.41) is 2.63. The minimum atomic E-state index is -3.81. The van der Waals surface area contributed by atoms with Crippen molar-refractivity contribution >= 4 is 15.3 Å². The molecule has 1 aliphatic rings. The Kier molecular flexibility index (Phi) is 4.50. The predicted molar refractivity (Wildman–Crippen MR) is 58.9 cm³/mol. The summed E-state index contributed by atoms with van der Waals surface area (Å²) in [6.07, 6.45) is 5.04. The first-order valence-corrected chi connectivity index (χ1v) is 8.29. The van der Waals surface area contributed by atoms with Crippen molar-refractivity contribution in [1.29, 1.82) is 0 Å². The average Bonchev–Trinajstić information content (AvgIpc) is 1.99. The van der Waals surface area contributed by atoms with Gasteiger partial charge >= 0.3 is 15.3 Å². The summed E-state index contributed by atoms with van der Waals surface area (Å²) in [7, 11) is -7.45. The van der Waals surface area contributed by atoms with E-state index in [9.17, 15) is 9.13 Å². The minimum Gasteiger partial charge on any atom is -0.256 e. The Bertz CT molecular complexity index is 299. The van der Waals surface area contributed by atoms with Crippen LogP contribution in [0.2, 0.25) is 0 Å². The molecule has 1 saturated carbocycles. The maximum Gasteiger partial charge on any atom is 0.345 e. The minimum absolute atomic E-state index is 0.0288. The third kappa shape index (κ3) is 5.78. The molecule has 0 amide bonds. The fraction of sp³-hybridized carbons (Fsp3) is 1.00. The van der Waals surface area contributed by atoms with E-state index in [2.05, 4.69) is 9.40 Å². The molecule has 0 aliphatic heterocycles. The van der Waals surface area contributed by atoms with Crippen molar-refractivity contribution in [2.45, 2.75) is 38.1 Å². The first kappa shape index (κ1) is 13.3. The fourth-order valence-electron chi connectivity index (χ4n) is 1.70. The maximum absolute atomic E-state index is 11.6. The lowest BCUT2D eigenvalue weighted by atomic mass is 9.96. The van der Waals surface area contributed by atoms with E-state index in [1.165, 1.54) is 6.42 Å². The van der Waals surface area contributed by atoms with Gasteiger partial charge in [-0.25, -0.2) is 25.9 Å². The van der Waals surface area contributed by atoms with E-state index in [0.29, 0.717) is 0 Å². The van der Waals surface area contributed by atoms with Gasteiger partial charge in [-0.2, -0.15) is 0 Å². The highest BCUT2D eigenvalue weighted by molar-refractivity contribution is 7.67. The van der Waals surface area contributed by atoms with E-state index in [-0.39, 0.29) is 6.04 Å². The maximum atomic E-state index is 11.6. The zero-order valence-electron chi connectivity index (χ0n) is 8.46. The van der Waals surface area contributed by atoms with Gasteiger partial charge in [-0.05, 0) is 12.8 Å². The summed E-state index contributed by atoms with van der Waals surface area (Å²) in [4.78, 5) is 0. The molecule has 0 aromatic rings. The van der Waals surface area contributed by atoms with Crippen LogP contribution in [-0.2, 0) is 13.4 Å². The van der Waals surface area contributed by atoms with Crippen molar-refractivity contribution in [2.24, 2.45) is 16.5 Å². The molecule has 7 N–H and O–H groups in total. The van der Waals surface area contributed by atoms with Gasteiger partial charge in [0.25, 0.3) is 0 Å². The first-order valence-electron chi connectivity index (χ1n) is 4.83.